The zero-order chi connectivity index (χ0) is 12.4. The summed E-state index contributed by atoms with van der Waals surface area (Å²) in [7, 11) is 1.83. The van der Waals surface area contributed by atoms with Crippen LogP contribution in [0.25, 0.3) is 11.0 Å². The fourth-order valence-electron chi connectivity index (χ4n) is 2.12. The standard InChI is InChI=1S/C13H16N4O.ClH/c1-14-12-13(18-9-6-7-15-8-9)17-11-5-3-2-4-10(11)16-12;/h2-5,9,15H,6-8H2,1H3,(H,14,16);1H/t9-;/m0./s1. The summed E-state index contributed by atoms with van der Waals surface area (Å²) in [6.07, 6.45) is 1.20. The highest BCUT2D eigenvalue weighted by Crippen LogP contribution is 2.24. The number of aromatic nitrogens is 2. The van der Waals surface area contributed by atoms with Gasteiger partial charge in [0.1, 0.15) is 6.10 Å². The van der Waals surface area contributed by atoms with Crippen LogP contribution in [0.5, 0.6) is 5.88 Å². The molecule has 1 fully saturated rings. The summed E-state index contributed by atoms with van der Waals surface area (Å²) in [4.78, 5) is 9.05. The molecule has 102 valence electrons. The first kappa shape index (κ1) is 13.8. The molecule has 3 rings (SSSR count). The first-order valence-electron chi connectivity index (χ1n) is 6.19. The molecule has 6 heteroatoms. The van der Waals surface area contributed by atoms with Crippen LogP contribution >= 0.6 is 12.4 Å². The van der Waals surface area contributed by atoms with Crippen molar-refractivity contribution in [3.63, 3.8) is 0 Å². The highest BCUT2D eigenvalue weighted by Gasteiger charge is 2.19. The van der Waals surface area contributed by atoms with E-state index in [1.807, 2.05) is 31.3 Å². The third-order valence-corrected chi connectivity index (χ3v) is 3.07. The second-order valence-corrected chi connectivity index (χ2v) is 4.35. The van der Waals surface area contributed by atoms with Crippen LogP contribution in [0.4, 0.5) is 5.82 Å². The Labute approximate surface area is 118 Å². The van der Waals surface area contributed by atoms with E-state index in [9.17, 15) is 0 Å². The van der Waals surface area contributed by atoms with Crippen LogP contribution in [0.3, 0.4) is 0 Å². The van der Waals surface area contributed by atoms with Crippen molar-refractivity contribution in [1.29, 1.82) is 0 Å². The minimum Gasteiger partial charge on any atom is -0.470 e. The average Bonchev–Trinajstić information content (AvgIpc) is 2.91. The number of rotatable bonds is 3. The number of nitrogens with zero attached hydrogens (tertiary/aromatic N) is 2. The topological polar surface area (TPSA) is 59.1 Å². The number of nitrogens with one attached hydrogen (secondary N) is 2. The van der Waals surface area contributed by atoms with Gasteiger partial charge in [-0.25, -0.2) is 9.97 Å². The van der Waals surface area contributed by atoms with Crippen LogP contribution in [0.1, 0.15) is 6.42 Å². The average molecular weight is 281 g/mol. The van der Waals surface area contributed by atoms with Crippen LogP contribution in [0, 0.1) is 0 Å². The number of hydrogen-bond donors (Lipinski definition) is 2. The van der Waals surface area contributed by atoms with Crippen molar-refractivity contribution < 1.29 is 4.74 Å². The molecule has 2 heterocycles. The monoisotopic (exact) mass is 280 g/mol. The fraction of sp³-hybridized carbons (Fsp3) is 0.385. The van der Waals surface area contributed by atoms with Gasteiger partial charge in [0.2, 0.25) is 0 Å². The SMILES string of the molecule is CNc1nc2ccccc2nc1O[C@H]1CCNC1.Cl. The first-order chi connectivity index (χ1) is 8.86. The van der Waals surface area contributed by atoms with Gasteiger partial charge in [-0.05, 0) is 25.1 Å². The smallest absolute Gasteiger partial charge is 0.258 e. The summed E-state index contributed by atoms with van der Waals surface area (Å²) in [5.41, 5.74) is 1.73. The van der Waals surface area contributed by atoms with Gasteiger partial charge in [0, 0.05) is 13.6 Å². The van der Waals surface area contributed by atoms with Gasteiger partial charge >= 0.3 is 0 Å². The molecule has 1 aromatic heterocycles. The minimum atomic E-state index is 0. The largest absolute Gasteiger partial charge is 0.470 e. The van der Waals surface area contributed by atoms with E-state index in [2.05, 4.69) is 20.6 Å². The van der Waals surface area contributed by atoms with Crippen molar-refractivity contribution >= 4 is 29.3 Å². The van der Waals surface area contributed by atoms with Gasteiger partial charge in [0.15, 0.2) is 5.82 Å². The molecule has 0 aliphatic carbocycles. The normalized spacial score (nSPS) is 18.1. The number of fused-ring (bicyclic) bond motifs is 1. The van der Waals surface area contributed by atoms with Crippen molar-refractivity contribution in [3.05, 3.63) is 24.3 Å². The number of anilines is 1. The molecule has 1 saturated heterocycles. The molecular formula is C13H17ClN4O. The number of halogens is 1. The first-order valence-corrected chi connectivity index (χ1v) is 6.19. The molecule has 0 saturated carbocycles. The van der Waals surface area contributed by atoms with E-state index in [0.717, 1.165) is 30.5 Å². The van der Waals surface area contributed by atoms with Crippen molar-refractivity contribution in [3.8, 4) is 5.88 Å². The molecule has 1 aromatic carbocycles. The van der Waals surface area contributed by atoms with Crippen LogP contribution in [0.15, 0.2) is 24.3 Å². The number of benzene rings is 1. The predicted octanol–water partition coefficient (Wildman–Crippen LogP) is 1.83. The van der Waals surface area contributed by atoms with Crippen LogP contribution in [-0.4, -0.2) is 36.2 Å². The zero-order valence-electron chi connectivity index (χ0n) is 10.7. The van der Waals surface area contributed by atoms with E-state index >= 15 is 0 Å². The molecule has 0 spiro atoms. The summed E-state index contributed by atoms with van der Waals surface area (Å²) in [5.74, 6) is 1.28. The maximum absolute atomic E-state index is 5.91. The van der Waals surface area contributed by atoms with Gasteiger partial charge in [0.05, 0.1) is 11.0 Å². The number of hydrogen-bond acceptors (Lipinski definition) is 5. The fourth-order valence-corrected chi connectivity index (χ4v) is 2.12. The van der Waals surface area contributed by atoms with Crippen molar-refractivity contribution in [2.45, 2.75) is 12.5 Å². The van der Waals surface area contributed by atoms with E-state index < -0.39 is 0 Å². The lowest BCUT2D eigenvalue weighted by Gasteiger charge is -2.14. The highest BCUT2D eigenvalue weighted by atomic mass is 35.5. The summed E-state index contributed by atoms with van der Waals surface area (Å²) in [5, 5.41) is 6.32. The summed E-state index contributed by atoms with van der Waals surface area (Å²) >= 11 is 0. The number of ether oxygens (including phenoxy) is 1. The maximum atomic E-state index is 5.91. The van der Waals surface area contributed by atoms with Gasteiger partial charge in [-0.2, -0.15) is 0 Å². The number of para-hydroxylation sites is 2. The Bertz CT molecular complexity index is 557. The Morgan fingerprint density at radius 2 is 2.00 bits per heavy atom. The van der Waals surface area contributed by atoms with Gasteiger partial charge < -0.3 is 15.4 Å². The Kier molecular flexibility index (Phi) is 4.39. The lowest BCUT2D eigenvalue weighted by atomic mass is 10.3. The quantitative estimate of drug-likeness (QED) is 0.898. The molecule has 0 radical (unpaired) electrons. The summed E-state index contributed by atoms with van der Waals surface area (Å²) in [6.45, 7) is 1.87. The molecule has 2 aromatic rings. The summed E-state index contributed by atoms with van der Waals surface area (Å²) in [6, 6.07) is 7.81. The van der Waals surface area contributed by atoms with Crippen molar-refractivity contribution in [2.75, 3.05) is 25.5 Å². The Balaban J connectivity index is 0.00000133. The molecule has 0 unspecified atom stereocenters. The Morgan fingerprint density at radius 3 is 2.63 bits per heavy atom. The Hall–Kier alpha value is -1.59. The minimum absolute atomic E-state index is 0. The van der Waals surface area contributed by atoms with Gasteiger partial charge in [-0.3, -0.25) is 0 Å². The molecular weight excluding hydrogens is 264 g/mol. The molecule has 0 bridgehead atoms. The second kappa shape index (κ2) is 6.04. The molecule has 1 atom stereocenters. The van der Waals surface area contributed by atoms with E-state index in [0.29, 0.717) is 11.7 Å². The lowest BCUT2D eigenvalue weighted by Crippen LogP contribution is -2.21. The zero-order valence-corrected chi connectivity index (χ0v) is 11.5. The third kappa shape index (κ3) is 2.88. The predicted molar refractivity (Wildman–Crippen MR) is 78.2 cm³/mol. The van der Waals surface area contributed by atoms with Gasteiger partial charge in [-0.1, -0.05) is 12.1 Å². The molecule has 1 aliphatic rings. The molecule has 0 amide bonds. The highest BCUT2D eigenvalue weighted by molar-refractivity contribution is 5.85. The van der Waals surface area contributed by atoms with Gasteiger partial charge in [-0.15, -0.1) is 12.4 Å². The van der Waals surface area contributed by atoms with E-state index in [4.69, 9.17) is 4.74 Å². The lowest BCUT2D eigenvalue weighted by molar-refractivity contribution is 0.215. The third-order valence-electron chi connectivity index (χ3n) is 3.07. The molecule has 19 heavy (non-hydrogen) atoms. The maximum Gasteiger partial charge on any atom is 0.258 e. The molecule has 5 nitrogen and oxygen atoms in total. The van der Waals surface area contributed by atoms with Gasteiger partial charge in [0.25, 0.3) is 5.88 Å². The molecule has 2 N–H and O–H groups in total. The van der Waals surface area contributed by atoms with E-state index in [1.165, 1.54) is 0 Å². The second-order valence-electron chi connectivity index (χ2n) is 4.35. The van der Waals surface area contributed by atoms with Crippen molar-refractivity contribution in [2.24, 2.45) is 0 Å². The molecule has 1 aliphatic heterocycles. The van der Waals surface area contributed by atoms with E-state index in [-0.39, 0.29) is 18.5 Å². The van der Waals surface area contributed by atoms with Crippen molar-refractivity contribution in [1.82, 2.24) is 15.3 Å². The van der Waals surface area contributed by atoms with Crippen LogP contribution < -0.4 is 15.4 Å². The Morgan fingerprint density at radius 1 is 1.26 bits per heavy atom. The summed E-state index contributed by atoms with van der Waals surface area (Å²) < 4.78 is 5.91. The van der Waals surface area contributed by atoms with Crippen LogP contribution in [-0.2, 0) is 0 Å². The van der Waals surface area contributed by atoms with E-state index in [1.54, 1.807) is 0 Å². The van der Waals surface area contributed by atoms with Crippen LogP contribution in [0.2, 0.25) is 0 Å².